The highest BCUT2D eigenvalue weighted by atomic mass is 19.3. The van der Waals surface area contributed by atoms with Crippen molar-refractivity contribution in [1.82, 2.24) is 4.98 Å². The molecule has 0 aromatic carbocycles. The molecule has 5 nitrogen and oxygen atoms in total. The molecule has 0 amide bonds. The number of pyridine rings is 1. The second-order valence-electron chi connectivity index (χ2n) is 2.61. The monoisotopic (exact) mass is 219 g/mol. The van der Waals surface area contributed by atoms with E-state index in [1.807, 2.05) is 4.98 Å². The van der Waals surface area contributed by atoms with Gasteiger partial charge in [0.25, 0.3) is 12.0 Å². The third-order valence-corrected chi connectivity index (χ3v) is 1.68. The van der Waals surface area contributed by atoms with Crippen LogP contribution in [0.15, 0.2) is 10.9 Å². The molecule has 0 spiro atoms. The molecule has 0 aliphatic carbocycles. The van der Waals surface area contributed by atoms with Gasteiger partial charge in [0.05, 0.1) is 12.7 Å². The first-order valence-electron chi connectivity index (χ1n) is 3.80. The highest BCUT2D eigenvalue weighted by Crippen LogP contribution is 2.23. The van der Waals surface area contributed by atoms with Crippen molar-refractivity contribution in [3.8, 4) is 5.75 Å². The van der Waals surface area contributed by atoms with E-state index in [2.05, 4.69) is 4.74 Å². The molecule has 82 valence electrons. The molecule has 2 N–H and O–H groups in total. The smallest absolute Gasteiger partial charge is 0.355 e. The van der Waals surface area contributed by atoms with Gasteiger partial charge in [-0.05, 0) is 6.07 Å². The van der Waals surface area contributed by atoms with Gasteiger partial charge >= 0.3 is 5.97 Å². The number of rotatable bonds is 2. The largest absolute Gasteiger partial charge is 0.503 e. The first-order valence-corrected chi connectivity index (χ1v) is 3.80. The maximum Gasteiger partial charge on any atom is 0.355 e. The van der Waals surface area contributed by atoms with Crippen LogP contribution in [0.5, 0.6) is 5.75 Å². The molecule has 15 heavy (non-hydrogen) atoms. The summed E-state index contributed by atoms with van der Waals surface area (Å²) in [5, 5.41) is 8.90. The van der Waals surface area contributed by atoms with Crippen molar-refractivity contribution < 1.29 is 23.4 Å². The Bertz CT molecular complexity index is 441. The zero-order valence-corrected chi connectivity index (χ0v) is 7.58. The number of aromatic nitrogens is 1. The van der Waals surface area contributed by atoms with E-state index < -0.39 is 35.0 Å². The number of ether oxygens (including phenoxy) is 1. The van der Waals surface area contributed by atoms with E-state index in [1.165, 1.54) is 0 Å². The summed E-state index contributed by atoms with van der Waals surface area (Å²) in [4.78, 5) is 23.7. The van der Waals surface area contributed by atoms with Crippen molar-refractivity contribution in [2.24, 2.45) is 0 Å². The van der Waals surface area contributed by atoms with Gasteiger partial charge in [0.2, 0.25) is 0 Å². The molecule has 7 heteroatoms. The van der Waals surface area contributed by atoms with Crippen LogP contribution in [0, 0.1) is 0 Å². The van der Waals surface area contributed by atoms with Crippen molar-refractivity contribution in [3.63, 3.8) is 0 Å². The average Bonchev–Trinajstić information content (AvgIpc) is 2.20. The van der Waals surface area contributed by atoms with Crippen LogP contribution in [0.3, 0.4) is 0 Å². The number of alkyl halides is 2. The number of esters is 1. The Balaban J connectivity index is 3.41. The highest BCUT2D eigenvalue weighted by molar-refractivity contribution is 5.89. The summed E-state index contributed by atoms with van der Waals surface area (Å²) < 4.78 is 29.0. The maximum atomic E-state index is 12.4. The van der Waals surface area contributed by atoms with Gasteiger partial charge in [-0.15, -0.1) is 0 Å². The number of aromatic amines is 1. The van der Waals surface area contributed by atoms with Gasteiger partial charge in [0.1, 0.15) is 5.69 Å². The third kappa shape index (κ3) is 2.12. The van der Waals surface area contributed by atoms with E-state index in [-0.39, 0.29) is 0 Å². The second kappa shape index (κ2) is 4.07. The molecule has 0 fully saturated rings. The molecular weight excluding hydrogens is 212 g/mol. The Morgan fingerprint density at radius 2 is 2.20 bits per heavy atom. The molecule has 0 bridgehead atoms. The fourth-order valence-electron chi connectivity index (χ4n) is 0.978. The van der Waals surface area contributed by atoms with Gasteiger partial charge in [-0.2, -0.15) is 0 Å². The number of carbonyl (C=O) groups is 1. The van der Waals surface area contributed by atoms with E-state index in [4.69, 9.17) is 5.11 Å². The van der Waals surface area contributed by atoms with E-state index in [9.17, 15) is 18.4 Å². The normalized spacial score (nSPS) is 10.4. The quantitative estimate of drug-likeness (QED) is 0.721. The van der Waals surface area contributed by atoms with E-state index >= 15 is 0 Å². The number of aromatic hydroxyl groups is 1. The molecule has 1 aromatic heterocycles. The Morgan fingerprint density at radius 1 is 1.60 bits per heavy atom. The van der Waals surface area contributed by atoms with Gasteiger partial charge in [-0.3, -0.25) is 4.79 Å². The Labute approximate surface area is 82.3 Å². The molecule has 1 rings (SSSR count). The molecule has 1 aromatic rings. The lowest BCUT2D eigenvalue weighted by Gasteiger charge is -2.06. The van der Waals surface area contributed by atoms with Gasteiger partial charge in [-0.1, -0.05) is 0 Å². The lowest BCUT2D eigenvalue weighted by molar-refractivity contribution is 0.0581. The van der Waals surface area contributed by atoms with Gasteiger partial charge in [-0.25, -0.2) is 13.6 Å². The molecule has 0 aliphatic heterocycles. The number of hydrogen-bond donors (Lipinski definition) is 2. The van der Waals surface area contributed by atoms with Crippen LogP contribution in [0.4, 0.5) is 8.78 Å². The summed E-state index contributed by atoms with van der Waals surface area (Å²) in [6.45, 7) is 0. The van der Waals surface area contributed by atoms with Crippen LogP contribution in [0.1, 0.15) is 22.5 Å². The van der Waals surface area contributed by atoms with Crippen molar-refractivity contribution >= 4 is 5.97 Å². The Kier molecular flexibility index (Phi) is 3.03. The summed E-state index contributed by atoms with van der Waals surface area (Å²) in [5.74, 6) is -1.97. The standard InChI is InChI=1S/C8H7F2NO4/c1-15-8(14)5-3(6(9)10)2-4(12)7(13)11-5/h2,6,12H,1H3,(H,11,13). The summed E-state index contributed by atoms with van der Waals surface area (Å²) >= 11 is 0. The predicted octanol–water partition coefficient (Wildman–Crippen LogP) is 0.805. The fraction of sp³-hybridized carbons (Fsp3) is 0.250. The van der Waals surface area contributed by atoms with Crippen molar-refractivity contribution in [3.05, 3.63) is 27.7 Å². The van der Waals surface area contributed by atoms with Gasteiger partial charge < -0.3 is 14.8 Å². The first-order chi connectivity index (χ1) is 6.97. The number of carbonyl (C=O) groups excluding carboxylic acids is 1. The minimum Gasteiger partial charge on any atom is -0.503 e. The zero-order chi connectivity index (χ0) is 11.6. The summed E-state index contributed by atoms with van der Waals surface area (Å²) in [6.07, 6.45) is -3.00. The molecular formula is C8H7F2NO4. The number of methoxy groups -OCH3 is 1. The number of halogens is 2. The lowest BCUT2D eigenvalue weighted by atomic mass is 10.2. The van der Waals surface area contributed by atoms with Crippen LogP contribution in [0.2, 0.25) is 0 Å². The summed E-state index contributed by atoms with van der Waals surface area (Å²) in [5.41, 5.74) is -2.46. The minimum absolute atomic E-state index is 0.537. The van der Waals surface area contributed by atoms with Crippen molar-refractivity contribution in [1.29, 1.82) is 0 Å². The fourth-order valence-corrected chi connectivity index (χ4v) is 0.978. The number of nitrogens with one attached hydrogen (secondary N) is 1. The molecule has 0 saturated carbocycles. The first kappa shape index (κ1) is 11.2. The molecule has 0 unspecified atom stereocenters. The van der Waals surface area contributed by atoms with E-state index in [0.29, 0.717) is 6.07 Å². The minimum atomic E-state index is -3.00. The van der Waals surface area contributed by atoms with Crippen molar-refractivity contribution in [2.75, 3.05) is 7.11 Å². The number of hydrogen-bond acceptors (Lipinski definition) is 4. The highest BCUT2D eigenvalue weighted by Gasteiger charge is 2.21. The summed E-state index contributed by atoms with van der Waals surface area (Å²) in [7, 11) is 0.989. The Morgan fingerprint density at radius 3 is 2.67 bits per heavy atom. The molecule has 0 saturated heterocycles. The van der Waals surface area contributed by atoms with E-state index in [1.54, 1.807) is 0 Å². The van der Waals surface area contributed by atoms with Crippen LogP contribution >= 0.6 is 0 Å². The summed E-state index contributed by atoms with van der Waals surface area (Å²) in [6, 6.07) is 0.537. The molecule has 0 radical (unpaired) electrons. The number of H-pyrrole nitrogens is 1. The van der Waals surface area contributed by atoms with Crippen LogP contribution < -0.4 is 5.56 Å². The zero-order valence-electron chi connectivity index (χ0n) is 7.58. The topological polar surface area (TPSA) is 79.4 Å². The van der Waals surface area contributed by atoms with Crippen LogP contribution in [-0.2, 0) is 4.74 Å². The van der Waals surface area contributed by atoms with Crippen molar-refractivity contribution in [2.45, 2.75) is 6.43 Å². The predicted molar refractivity (Wildman–Crippen MR) is 45.0 cm³/mol. The van der Waals surface area contributed by atoms with E-state index in [0.717, 1.165) is 7.11 Å². The van der Waals surface area contributed by atoms with Gasteiger partial charge in [0.15, 0.2) is 5.75 Å². The average molecular weight is 219 g/mol. The maximum absolute atomic E-state index is 12.4. The molecule has 0 aliphatic rings. The SMILES string of the molecule is COC(=O)c1[nH]c(=O)c(O)cc1C(F)F. The molecule has 0 atom stereocenters. The van der Waals surface area contributed by atoms with Crippen LogP contribution in [-0.4, -0.2) is 23.2 Å². The van der Waals surface area contributed by atoms with Crippen LogP contribution in [0.25, 0.3) is 0 Å². The lowest BCUT2D eigenvalue weighted by Crippen LogP contribution is -2.17. The second-order valence-corrected chi connectivity index (χ2v) is 2.61. The van der Waals surface area contributed by atoms with Gasteiger partial charge in [0, 0.05) is 0 Å². The molecule has 1 heterocycles. The third-order valence-electron chi connectivity index (χ3n) is 1.68. The Hall–Kier alpha value is -1.92.